The predicted molar refractivity (Wildman–Crippen MR) is 90.6 cm³/mol. The Morgan fingerprint density at radius 2 is 1.75 bits per heavy atom. The SMILES string of the molecule is Cc1ccc(Br)c(Nc2cc(Br)nc(C(C)(C)C)n2)c1. The van der Waals surface area contributed by atoms with Crippen LogP contribution >= 0.6 is 31.9 Å². The molecule has 0 aliphatic heterocycles. The van der Waals surface area contributed by atoms with Crippen molar-refractivity contribution in [1.29, 1.82) is 0 Å². The van der Waals surface area contributed by atoms with Gasteiger partial charge < -0.3 is 5.32 Å². The second-order valence-corrected chi connectivity index (χ2v) is 7.42. The lowest BCUT2D eigenvalue weighted by atomic mass is 9.96. The summed E-state index contributed by atoms with van der Waals surface area (Å²) in [4.78, 5) is 9.04. The van der Waals surface area contributed by atoms with Crippen LogP contribution in [-0.4, -0.2) is 9.97 Å². The van der Waals surface area contributed by atoms with Crippen LogP contribution in [0.25, 0.3) is 0 Å². The second-order valence-electron chi connectivity index (χ2n) is 5.76. The summed E-state index contributed by atoms with van der Waals surface area (Å²) in [6.07, 6.45) is 0. The average molecular weight is 399 g/mol. The third kappa shape index (κ3) is 3.79. The van der Waals surface area contributed by atoms with E-state index in [0.29, 0.717) is 0 Å². The zero-order valence-corrected chi connectivity index (χ0v) is 15.1. The van der Waals surface area contributed by atoms with Gasteiger partial charge in [0.2, 0.25) is 0 Å². The molecule has 20 heavy (non-hydrogen) atoms. The zero-order valence-electron chi connectivity index (χ0n) is 12.0. The van der Waals surface area contributed by atoms with Gasteiger partial charge in [0.15, 0.2) is 0 Å². The van der Waals surface area contributed by atoms with Crippen molar-refractivity contribution >= 4 is 43.4 Å². The Labute approximate surface area is 136 Å². The van der Waals surface area contributed by atoms with Crippen LogP contribution in [0.3, 0.4) is 0 Å². The number of halogens is 2. The summed E-state index contributed by atoms with van der Waals surface area (Å²) in [5, 5.41) is 3.34. The fourth-order valence-corrected chi connectivity index (χ4v) is 2.42. The van der Waals surface area contributed by atoms with Gasteiger partial charge in [-0.25, -0.2) is 9.97 Å². The molecule has 5 heteroatoms. The van der Waals surface area contributed by atoms with E-state index >= 15 is 0 Å². The average Bonchev–Trinajstić information content (AvgIpc) is 2.32. The van der Waals surface area contributed by atoms with E-state index in [9.17, 15) is 0 Å². The first-order chi connectivity index (χ1) is 9.25. The van der Waals surface area contributed by atoms with E-state index in [1.807, 2.05) is 12.1 Å². The molecule has 1 aromatic carbocycles. The van der Waals surface area contributed by atoms with E-state index in [4.69, 9.17) is 0 Å². The van der Waals surface area contributed by atoms with Crippen molar-refractivity contribution in [3.8, 4) is 0 Å². The van der Waals surface area contributed by atoms with Crippen LogP contribution in [0.1, 0.15) is 32.2 Å². The molecule has 0 spiro atoms. The van der Waals surface area contributed by atoms with E-state index in [1.54, 1.807) is 0 Å². The van der Waals surface area contributed by atoms with Gasteiger partial charge in [-0.2, -0.15) is 0 Å². The first-order valence-corrected chi connectivity index (χ1v) is 7.92. The summed E-state index contributed by atoms with van der Waals surface area (Å²) >= 11 is 7.00. The maximum absolute atomic E-state index is 4.60. The normalized spacial score (nSPS) is 11.5. The smallest absolute Gasteiger partial charge is 0.137 e. The first kappa shape index (κ1) is 15.4. The standard InChI is InChI=1S/C15H17Br2N3/c1-9-5-6-10(16)11(7-9)18-13-8-12(17)19-14(20-13)15(2,3)4/h5-8H,1-4H3,(H,18,19,20). The molecule has 1 heterocycles. The Morgan fingerprint density at radius 1 is 1.05 bits per heavy atom. The highest BCUT2D eigenvalue weighted by Crippen LogP contribution is 2.28. The van der Waals surface area contributed by atoms with Gasteiger partial charge in [-0.1, -0.05) is 26.8 Å². The van der Waals surface area contributed by atoms with Gasteiger partial charge in [-0.3, -0.25) is 0 Å². The van der Waals surface area contributed by atoms with Crippen LogP contribution in [-0.2, 0) is 5.41 Å². The Kier molecular flexibility index (Phi) is 4.49. The van der Waals surface area contributed by atoms with Crippen LogP contribution in [0.5, 0.6) is 0 Å². The number of nitrogens with one attached hydrogen (secondary N) is 1. The van der Waals surface area contributed by atoms with Crippen LogP contribution < -0.4 is 5.32 Å². The number of benzene rings is 1. The summed E-state index contributed by atoms with van der Waals surface area (Å²) in [5.74, 6) is 1.58. The van der Waals surface area contributed by atoms with Crippen LogP contribution in [0.4, 0.5) is 11.5 Å². The predicted octanol–water partition coefficient (Wildman–Crippen LogP) is 5.35. The van der Waals surface area contributed by atoms with Gasteiger partial charge in [0.1, 0.15) is 16.2 Å². The molecule has 0 aliphatic rings. The third-order valence-corrected chi connectivity index (χ3v) is 3.85. The lowest BCUT2D eigenvalue weighted by Crippen LogP contribution is -2.17. The van der Waals surface area contributed by atoms with Crippen molar-refractivity contribution < 1.29 is 0 Å². The molecule has 0 bridgehead atoms. The zero-order chi connectivity index (χ0) is 14.9. The summed E-state index contributed by atoms with van der Waals surface area (Å²) in [6.45, 7) is 8.36. The largest absolute Gasteiger partial charge is 0.339 e. The molecule has 2 rings (SSSR count). The molecule has 0 unspecified atom stereocenters. The molecular formula is C15H17Br2N3. The van der Waals surface area contributed by atoms with Crippen molar-refractivity contribution in [3.05, 3.63) is 44.7 Å². The van der Waals surface area contributed by atoms with E-state index in [1.165, 1.54) is 5.56 Å². The molecule has 0 fully saturated rings. The highest BCUT2D eigenvalue weighted by Gasteiger charge is 2.19. The number of hydrogen-bond acceptors (Lipinski definition) is 3. The Balaban J connectivity index is 2.39. The van der Waals surface area contributed by atoms with Gasteiger partial charge in [-0.05, 0) is 56.5 Å². The van der Waals surface area contributed by atoms with Crippen LogP contribution in [0.2, 0.25) is 0 Å². The van der Waals surface area contributed by atoms with Crippen molar-refractivity contribution in [2.24, 2.45) is 0 Å². The number of anilines is 2. The topological polar surface area (TPSA) is 37.8 Å². The van der Waals surface area contributed by atoms with Crippen molar-refractivity contribution in [2.75, 3.05) is 5.32 Å². The number of aryl methyl sites for hydroxylation is 1. The minimum atomic E-state index is -0.0932. The monoisotopic (exact) mass is 397 g/mol. The van der Waals surface area contributed by atoms with Gasteiger partial charge in [0, 0.05) is 16.0 Å². The van der Waals surface area contributed by atoms with E-state index < -0.39 is 0 Å². The molecular weight excluding hydrogens is 382 g/mol. The van der Waals surface area contributed by atoms with Crippen molar-refractivity contribution in [1.82, 2.24) is 9.97 Å². The van der Waals surface area contributed by atoms with Crippen molar-refractivity contribution in [3.63, 3.8) is 0 Å². The summed E-state index contributed by atoms with van der Waals surface area (Å²) in [7, 11) is 0. The highest BCUT2D eigenvalue weighted by molar-refractivity contribution is 9.10. The third-order valence-electron chi connectivity index (χ3n) is 2.75. The molecule has 1 N–H and O–H groups in total. The molecule has 106 valence electrons. The molecule has 0 atom stereocenters. The molecule has 2 aromatic rings. The minimum Gasteiger partial charge on any atom is -0.339 e. The fourth-order valence-electron chi connectivity index (χ4n) is 1.69. The highest BCUT2D eigenvalue weighted by atomic mass is 79.9. The Hall–Kier alpha value is -0.940. The lowest BCUT2D eigenvalue weighted by Gasteiger charge is -2.18. The molecule has 0 saturated carbocycles. The fraction of sp³-hybridized carbons (Fsp3) is 0.333. The van der Waals surface area contributed by atoms with Gasteiger partial charge in [0.25, 0.3) is 0 Å². The van der Waals surface area contributed by atoms with E-state index in [2.05, 4.69) is 87.0 Å². The number of hydrogen-bond donors (Lipinski definition) is 1. The molecule has 0 amide bonds. The number of rotatable bonds is 2. The Bertz CT molecular complexity index is 634. The first-order valence-electron chi connectivity index (χ1n) is 6.34. The lowest BCUT2D eigenvalue weighted by molar-refractivity contribution is 0.544. The maximum Gasteiger partial charge on any atom is 0.137 e. The summed E-state index contributed by atoms with van der Waals surface area (Å²) < 4.78 is 1.79. The van der Waals surface area contributed by atoms with Gasteiger partial charge in [0.05, 0.1) is 5.69 Å². The molecule has 3 nitrogen and oxygen atoms in total. The Morgan fingerprint density at radius 3 is 2.40 bits per heavy atom. The van der Waals surface area contributed by atoms with Gasteiger partial charge >= 0.3 is 0 Å². The number of aromatic nitrogens is 2. The minimum absolute atomic E-state index is 0.0932. The van der Waals surface area contributed by atoms with Gasteiger partial charge in [-0.15, -0.1) is 0 Å². The summed E-state index contributed by atoms with van der Waals surface area (Å²) in [5.41, 5.74) is 2.10. The molecule has 0 aliphatic carbocycles. The quantitative estimate of drug-likeness (QED) is 0.692. The van der Waals surface area contributed by atoms with Crippen LogP contribution in [0.15, 0.2) is 33.3 Å². The second kappa shape index (κ2) is 5.82. The molecule has 0 radical (unpaired) electrons. The molecule has 0 saturated heterocycles. The number of nitrogens with zero attached hydrogens (tertiary/aromatic N) is 2. The van der Waals surface area contributed by atoms with E-state index in [0.717, 1.165) is 26.4 Å². The molecule has 1 aromatic heterocycles. The maximum atomic E-state index is 4.60. The van der Waals surface area contributed by atoms with E-state index in [-0.39, 0.29) is 5.41 Å². The summed E-state index contributed by atoms with van der Waals surface area (Å²) in [6, 6.07) is 8.05. The van der Waals surface area contributed by atoms with Crippen LogP contribution in [0, 0.1) is 6.92 Å². The van der Waals surface area contributed by atoms with Crippen molar-refractivity contribution in [2.45, 2.75) is 33.1 Å².